The van der Waals surface area contributed by atoms with Gasteiger partial charge in [-0.2, -0.15) is 0 Å². The Balaban J connectivity index is 2.46. The van der Waals surface area contributed by atoms with Crippen LogP contribution in [0.5, 0.6) is 11.6 Å². The first-order valence-electron chi connectivity index (χ1n) is 6.56. The molecule has 0 fully saturated rings. The lowest BCUT2D eigenvalue weighted by Crippen LogP contribution is -2.01. The third-order valence-corrected chi connectivity index (χ3v) is 3.45. The fourth-order valence-corrected chi connectivity index (χ4v) is 2.20. The Morgan fingerprint density at radius 3 is 2.67 bits per heavy atom. The molecule has 1 aromatic carbocycles. The summed E-state index contributed by atoms with van der Waals surface area (Å²) in [6.07, 6.45) is 1.37. The second kappa shape index (κ2) is 6.14. The first-order valence-corrected chi connectivity index (χ1v) is 6.94. The fourth-order valence-electron chi connectivity index (χ4n) is 1.97. The van der Waals surface area contributed by atoms with Crippen molar-refractivity contribution in [1.29, 1.82) is 0 Å². The van der Waals surface area contributed by atoms with Crippen LogP contribution in [0, 0.1) is 6.92 Å². The van der Waals surface area contributed by atoms with Gasteiger partial charge in [-0.1, -0.05) is 37.6 Å². The van der Waals surface area contributed by atoms with Crippen LogP contribution in [0.3, 0.4) is 0 Å². The number of hydrogen-bond acceptors (Lipinski definition) is 3. The van der Waals surface area contributed by atoms with Gasteiger partial charge in [0.25, 0.3) is 0 Å². The molecule has 21 heavy (non-hydrogen) atoms. The van der Waals surface area contributed by atoms with E-state index in [2.05, 4.69) is 18.8 Å². The summed E-state index contributed by atoms with van der Waals surface area (Å²) in [5, 5.41) is 9.08. The van der Waals surface area contributed by atoms with Gasteiger partial charge >= 0.3 is 5.97 Å². The smallest absolute Gasteiger partial charge is 0.337 e. The predicted octanol–water partition coefficient (Wildman–Crippen LogP) is 4.66. The number of rotatable bonds is 4. The van der Waals surface area contributed by atoms with Crippen LogP contribution in [-0.4, -0.2) is 16.1 Å². The molecule has 5 heteroatoms. The number of benzene rings is 1. The number of nitrogens with zero attached hydrogens (tertiary/aromatic N) is 1. The molecule has 0 saturated heterocycles. The summed E-state index contributed by atoms with van der Waals surface area (Å²) in [7, 11) is 0. The van der Waals surface area contributed by atoms with E-state index in [1.165, 1.54) is 12.3 Å². The maximum atomic E-state index is 11.1. The fraction of sp³-hybridized carbons (Fsp3) is 0.250. The van der Waals surface area contributed by atoms with Crippen LogP contribution in [0.2, 0.25) is 5.02 Å². The quantitative estimate of drug-likeness (QED) is 0.892. The number of carbonyl (C=O) groups is 1. The van der Waals surface area contributed by atoms with Crippen molar-refractivity contribution in [2.75, 3.05) is 0 Å². The second-order valence-electron chi connectivity index (χ2n) is 5.08. The largest absolute Gasteiger partial charge is 0.478 e. The molecule has 1 N–H and O–H groups in total. The third-order valence-electron chi connectivity index (χ3n) is 3.09. The summed E-state index contributed by atoms with van der Waals surface area (Å²) in [5.41, 5.74) is 2.03. The Labute approximate surface area is 128 Å². The minimum atomic E-state index is -1.11. The number of carboxylic acid groups (broad SMARTS) is 1. The topological polar surface area (TPSA) is 59.4 Å². The van der Waals surface area contributed by atoms with Crippen LogP contribution < -0.4 is 4.74 Å². The van der Waals surface area contributed by atoms with Crippen LogP contribution in [0.25, 0.3) is 0 Å². The van der Waals surface area contributed by atoms with Crippen molar-refractivity contribution >= 4 is 17.6 Å². The molecule has 2 rings (SSSR count). The van der Waals surface area contributed by atoms with Gasteiger partial charge in [0, 0.05) is 6.20 Å². The SMILES string of the molecule is Cc1ccc(C(C)C)c(Oc2nccc(C(=O)O)c2Cl)c1. The van der Waals surface area contributed by atoms with Gasteiger partial charge in [0.1, 0.15) is 10.8 Å². The molecule has 2 aromatic rings. The van der Waals surface area contributed by atoms with E-state index in [0.29, 0.717) is 5.75 Å². The van der Waals surface area contributed by atoms with Gasteiger partial charge in [0.15, 0.2) is 0 Å². The number of ether oxygens (including phenoxy) is 1. The molecular weight excluding hydrogens is 290 g/mol. The van der Waals surface area contributed by atoms with Crippen LogP contribution >= 0.6 is 11.6 Å². The van der Waals surface area contributed by atoms with E-state index in [-0.39, 0.29) is 22.4 Å². The Hall–Kier alpha value is -2.07. The molecule has 4 nitrogen and oxygen atoms in total. The van der Waals surface area contributed by atoms with Gasteiger partial charge in [0.2, 0.25) is 5.88 Å². The average Bonchev–Trinajstić information content (AvgIpc) is 2.40. The second-order valence-corrected chi connectivity index (χ2v) is 5.46. The number of aromatic nitrogens is 1. The highest BCUT2D eigenvalue weighted by Crippen LogP contribution is 2.34. The molecule has 110 valence electrons. The lowest BCUT2D eigenvalue weighted by atomic mass is 10.0. The summed E-state index contributed by atoms with van der Waals surface area (Å²) in [6.45, 7) is 6.07. The zero-order valence-corrected chi connectivity index (χ0v) is 12.8. The Kier molecular flexibility index (Phi) is 4.48. The third kappa shape index (κ3) is 3.34. The van der Waals surface area contributed by atoms with Crippen molar-refractivity contribution in [2.45, 2.75) is 26.7 Å². The molecule has 0 bridgehead atoms. The predicted molar refractivity (Wildman–Crippen MR) is 81.5 cm³/mol. The minimum Gasteiger partial charge on any atom is -0.478 e. The molecule has 1 aromatic heterocycles. The summed E-state index contributed by atoms with van der Waals surface area (Å²) in [4.78, 5) is 15.1. The number of aromatic carboxylic acids is 1. The van der Waals surface area contributed by atoms with Crippen molar-refractivity contribution in [3.05, 3.63) is 52.2 Å². The van der Waals surface area contributed by atoms with E-state index in [1.807, 2.05) is 25.1 Å². The lowest BCUT2D eigenvalue weighted by molar-refractivity contribution is 0.0696. The number of aryl methyl sites for hydroxylation is 1. The van der Waals surface area contributed by atoms with Crippen molar-refractivity contribution in [3.63, 3.8) is 0 Å². The number of hydrogen-bond donors (Lipinski definition) is 1. The maximum Gasteiger partial charge on any atom is 0.337 e. The molecule has 1 heterocycles. The molecule has 0 aliphatic heterocycles. The minimum absolute atomic E-state index is 0.00112. The van der Waals surface area contributed by atoms with E-state index < -0.39 is 5.97 Å². The first kappa shape index (κ1) is 15.3. The van der Waals surface area contributed by atoms with Gasteiger partial charge in [-0.15, -0.1) is 0 Å². The van der Waals surface area contributed by atoms with Crippen LogP contribution in [0.15, 0.2) is 30.5 Å². The summed E-state index contributed by atoms with van der Waals surface area (Å²) < 4.78 is 5.77. The van der Waals surface area contributed by atoms with Gasteiger partial charge in [-0.05, 0) is 36.1 Å². The summed E-state index contributed by atoms with van der Waals surface area (Å²) in [5.74, 6) is -0.103. The molecule has 0 saturated carbocycles. The van der Waals surface area contributed by atoms with E-state index in [1.54, 1.807) is 0 Å². The first-order chi connectivity index (χ1) is 9.90. The highest BCUT2D eigenvalue weighted by atomic mass is 35.5. The standard InChI is InChI=1S/C16H16ClNO3/c1-9(2)11-5-4-10(3)8-13(11)21-15-14(17)12(16(19)20)6-7-18-15/h4-9H,1-3H3,(H,19,20). The number of pyridine rings is 1. The van der Waals surface area contributed by atoms with Gasteiger partial charge in [-0.3, -0.25) is 0 Å². The van der Waals surface area contributed by atoms with E-state index >= 15 is 0 Å². The molecule has 0 atom stereocenters. The van der Waals surface area contributed by atoms with Crippen LogP contribution in [-0.2, 0) is 0 Å². The highest BCUT2D eigenvalue weighted by molar-refractivity contribution is 6.34. The van der Waals surface area contributed by atoms with E-state index in [9.17, 15) is 4.79 Å². The summed E-state index contributed by atoms with van der Waals surface area (Å²) >= 11 is 6.06. The number of halogens is 1. The average molecular weight is 306 g/mol. The van der Waals surface area contributed by atoms with E-state index in [0.717, 1.165) is 11.1 Å². The molecule has 0 amide bonds. The van der Waals surface area contributed by atoms with Crippen molar-refractivity contribution < 1.29 is 14.6 Å². The highest BCUT2D eigenvalue weighted by Gasteiger charge is 2.17. The van der Waals surface area contributed by atoms with Gasteiger partial charge in [0.05, 0.1) is 5.56 Å². The van der Waals surface area contributed by atoms with Crippen molar-refractivity contribution in [2.24, 2.45) is 0 Å². The number of carboxylic acids is 1. The van der Waals surface area contributed by atoms with Crippen LogP contribution in [0.4, 0.5) is 0 Å². The van der Waals surface area contributed by atoms with Gasteiger partial charge < -0.3 is 9.84 Å². The molecule has 0 spiro atoms. The monoisotopic (exact) mass is 305 g/mol. The van der Waals surface area contributed by atoms with E-state index in [4.69, 9.17) is 21.4 Å². The van der Waals surface area contributed by atoms with Gasteiger partial charge in [-0.25, -0.2) is 9.78 Å². The molecular formula is C16H16ClNO3. The summed E-state index contributed by atoms with van der Waals surface area (Å²) in [6, 6.07) is 7.23. The zero-order chi connectivity index (χ0) is 15.6. The molecule has 0 aliphatic carbocycles. The maximum absolute atomic E-state index is 11.1. The zero-order valence-electron chi connectivity index (χ0n) is 12.1. The van der Waals surface area contributed by atoms with Crippen LogP contribution in [0.1, 0.15) is 41.3 Å². The Morgan fingerprint density at radius 2 is 2.05 bits per heavy atom. The van der Waals surface area contributed by atoms with Crippen molar-refractivity contribution in [3.8, 4) is 11.6 Å². The normalized spacial score (nSPS) is 10.7. The lowest BCUT2D eigenvalue weighted by Gasteiger charge is -2.15. The Morgan fingerprint density at radius 1 is 1.33 bits per heavy atom. The van der Waals surface area contributed by atoms with Crippen molar-refractivity contribution in [1.82, 2.24) is 4.98 Å². The molecule has 0 aliphatic rings. The molecule has 0 unspecified atom stereocenters. The Bertz CT molecular complexity index is 683. The molecule has 0 radical (unpaired) electrons.